The lowest BCUT2D eigenvalue weighted by Crippen LogP contribution is -2.16. The fourth-order valence-corrected chi connectivity index (χ4v) is 15.0. The number of hydrogen-bond donors (Lipinski definition) is 0. The van der Waals surface area contributed by atoms with Gasteiger partial charge in [-0.05, 0) is 152 Å². The Hall–Kier alpha value is -12.0. The molecule has 0 bridgehead atoms. The van der Waals surface area contributed by atoms with Gasteiger partial charge in [-0.25, -0.2) is 0 Å². The summed E-state index contributed by atoms with van der Waals surface area (Å²) < 4.78 is 0. The van der Waals surface area contributed by atoms with Gasteiger partial charge in [0.1, 0.15) is 0 Å². The van der Waals surface area contributed by atoms with Crippen molar-refractivity contribution in [2.75, 3.05) is 19.6 Å². The van der Waals surface area contributed by atoms with Crippen molar-refractivity contribution in [1.29, 1.82) is 0 Å². The van der Waals surface area contributed by atoms with Gasteiger partial charge in [0, 0.05) is 89.3 Å². The van der Waals surface area contributed by atoms with Gasteiger partial charge in [-0.2, -0.15) is 0 Å². The number of hydrogen-bond acceptors (Lipinski definition) is 4. The predicted octanol–water partition coefficient (Wildman–Crippen LogP) is 24.6. The summed E-state index contributed by atoms with van der Waals surface area (Å²) in [4.78, 5) is 10.1. The van der Waals surface area contributed by atoms with E-state index in [4.69, 9.17) is 0 Å². The zero-order chi connectivity index (χ0) is 59.2. The molecular formula is C86H56N4. The monoisotopic (exact) mass is 1140 g/mol. The third-order valence-corrected chi connectivity index (χ3v) is 18.5. The third-order valence-electron chi connectivity index (χ3n) is 18.5. The molecule has 2 aliphatic rings. The first-order chi connectivity index (χ1) is 44.8. The molecule has 0 saturated heterocycles. The van der Waals surface area contributed by atoms with Crippen molar-refractivity contribution in [3.63, 3.8) is 0 Å². The molecule has 0 amide bonds. The van der Waals surface area contributed by atoms with E-state index in [1.807, 2.05) is 0 Å². The van der Waals surface area contributed by atoms with Gasteiger partial charge in [-0.1, -0.05) is 243 Å². The highest BCUT2D eigenvalue weighted by Gasteiger charge is 2.39. The first-order valence-electron chi connectivity index (χ1n) is 31.0. The van der Waals surface area contributed by atoms with Crippen LogP contribution in [0.2, 0.25) is 0 Å². The molecule has 0 aliphatic heterocycles. The molecule has 16 aromatic rings. The lowest BCUT2D eigenvalue weighted by Gasteiger charge is -2.36. The molecule has 16 aromatic carbocycles. The van der Waals surface area contributed by atoms with Crippen molar-refractivity contribution < 1.29 is 0 Å². The lowest BCUT2D eigenvalue weighted by atomic mass is 9.85. The number of rotatable bonds is 12. The summed E-state index contributed by atoms with van der Waals surface area (Å²) in [6, 6.07) is 125. The smallest absolute Gasteiger partial charge is 0.0632 e. The van der Waals surface area contributed by atoms with E-state index < -0.39 is 0 Å². The van der Waals surface area contributed by atoms with Crippen LogP contribution in [0.4, 0.5) is 68.2 Å². The molecule has 4 heteroatoms. The Bertz CT molecular complexity index is 4940. The topological polar surface area (TPSA) is 13.0 Å². The quantitative estimate of drug-likeness (QED) is 0.0893. The highest BCUT2D eigenvalue weighted by atomic mass is 15.2. The fraction of sp³-hybridized carbons (Fsp3) is 0. The molecular weight excluding hydrogens is 1090 g/mol. The number of para-hydroxylation sites is 8. The standard InChI is InChI=1S/C86H56N4/c1-9-33-59(34-10-1)87(60-35-11-2-12-36-60)83-73-55-53-68-67(77(73)85(89(63-41-17-5-18-42-63)64-43-19-6-20-44-64)81-71-51-27-31-57-29-25-49-69(75(57)71)79(81)83)54-56-74-78(68)86(90(65-45-21-7-22-46-65)66-47-23-8-24-48-66)82-72-52-28-32-58-30-26-50-70(76(58)72)80(82)84(74)88(61-37-13-3-14-38-61)62-39-15-4-16-40-62/h1-56H. The van der Waals surface area contributed by atoms with Crippen molar-refractivity contribution in [3.05, 3.63) is 340 Å². The average Bonchev–Trinajstić information content (AvgIpc) is 1.35. The van der Waals surface area contributed by atoms with Crippen LogP contribution in [0.5, 0.6) is 0 Å². The van der Waals surface area contributed by atoms with Crippen molar-refractivity contribution in [2.45, 2.75) is 0 Å². The number of anilines is 12. The highest BCUT2D eigenvalue weighted by Crippen LogP contribution is 2.66. The molecule has 0 saturated carbocycles. The van der Waals surface area contributed by atoms with Crippen LogP contribution in [-0.2, 0) is 0 Å². The van der Waals surface area contributed by atoms with Crippen LogP contribution in [0.15, 0.2) is 340 Å². The Balaban J connectivity index is 1.12. The molecule has 4 nitrogen and oxygen atoms in total. The Kier molecular flexibility index (Phi) is 11.9. The molecule has 2 aliphatic carbocycles. The van der Waals surface area contributed by atoms with Gasteiger partial charge in [0.15, 0.2) is 0 Å². The van der Waals surface area contributed by atoms with E-state index in [0.29, 0.717) is 0 Å². The fourth-order valence-electron chi connectivity index (χ4n) is 15.0. The summed E-state index contributed by atoms with van der Waals surface area (Å²) in [6.07, 6.45) is 0. The maximum absolute atomic E-state index is 2.55. The minimum Gasteiger partial charge on any atom is -0.309 e. The highest BCUT2D eigenvalue weighted by molar-refractivity contribution is 6.38. The maximum Gasteiger partial charge on any atom is 0.0632 e. The molecule has 0 N–H and O–H groups in total. The minimum absolute atomic E-state index is 1.07. The number of fused-ring (bicyclic) bond motifs is 11. The van der Waals surface area contributed by atoms with E-state index in [1.165, 1.54) is 66.1 Å². The molecule has 0 atom stereocenters. The van der Waals surface area contributed by atoms with Crippen LogP contribution < -0.4 is 19.6 Å². The predicted molar refractivity (Wildman–Crippen MR) is 382 cm³/mol. The lowest BCUT2D eigenvalue weighted by molar-refractivity contribution is 1.28. The Morgan fingerprint density at radius 2 is 0.344 bits per heavy atom. The zero-order valence-corrected chi connectivity index (χ0v) is 49.1. The summed E-state index contributed by atoms with van der Waals surface area (Å²) >= 11 is 0. The molecule has 420 valence electrons. The Labute approximate surface area is 522 Å². The van der Waals surface area contributed by atoms with E-state index in [2.05, 4.69) is 359 Å². The SMILES string of the molecule is c1ccc(N(c2ccccc2)c2c3c(c(N(c4ccccc4)c4ccccc4)c4c2ccc2c4ccc4c(N(c5ccccc5)c5ccccc5)c5c(c(N(c6ccccc6)c6ccccc6)c42)-c2cccc4cccc-5c24)-c2cccc4cccc-3c24)cc1. The average molecular weight is 1150 g/mol. The minimum atomic E-state index is 1.07. The zero-order valence-electron chi connectivity index (χ0n) is 49.1. The van der Waals surface area contributed by atoms with Crippen molar-refractivity contribution in [3.8, 4) is 44.5 Å². The summed E-state index contributed by atoms with van der Waals surface area (Å²) in [5.41, 5.74) is 22.7. The molecule has 0 radical (unpaired) electrons. The molecule has 0 aromatic heterocycles. The van der Waals surface area contributed by atoms with Crippen LogP contribution in [0, 0.1) is 0 Å². The van der Waals surface area contributed by atoms with E-state index in [0.717, 1.165) is 101 Å². The van der Waals surface area contributed by atoms with Gasteiger partial charge >= 0.3 is 0 Å². The van der Waals surface area contributed by atoms with Crippen LogP contribution in [0.25, 0.3) is 98.4 Å². The van der Waals surface area contributed by atoms with Gasteiger partial charge in [0.25, 0.3) is 0 Å². The van der Waals surface area contributed by atoms with Crippen LogP contribution >= 0.6 is 0 Å². The second-order valence-electron chi connectivity index (χ2n) is 23.4. The van der Waals surface area contributed by atoms with E-state index >= 15 is 0 Å². The summed E-state index contributed by atoms with van der Waals surface area (Å²) in [5, 5.41) is 11.7. The molecule has 0 spiro atoms. The third kappa shape index (κ3) is 7.81. The van der Waals surface area contributed by atoms with Gasteiger partial charge < -0.3 is 19.6 Å². The largest absolute Gasteiger partial charge is 0.309 e. The van der Waals surface area contributed by atoms with Crippen LogP contribution in [0.3, 0.4) is 0 Å². The Morgan fingerprint density at radius 1 is 0.144 bits per heavy atom. The number of benzene rings is 16. The Morgan fingerprint density at radius 3 is 0.578 bits per heavy atom. The molecule has 18 rings (SSSR count). The summed E-state index contributed by atoms with van der Waals surface area (Å²) in [6.45, 7) is 0. The summed E-state index contributed by atoms with van der Waals surface area (Å²) in [5.74, 6) is 0. The van der Waals surface area contributed by atoms with Gasteiger partial charge in [-0.15, -0.1) is 0 Å². The molecule has 0 fully saturated rings. The summed E-state index contributed by atoms with van der Waals surface area (Å²) in [7, 11) is 0. The van der Waals surface area contributed by atoms with E-state index in [9.17, 15) is 0 Å². The normalized spacial score (nSPS) is 11.8. The molecule has 0 heterocycles. The second-order valence-corrected chi connectivity index (χ2v) is 23.4. The second kappa shape index (κ2) is 20.9. The van der Waals surface area contributed by atoms with E-state index in [1.54, 1.807) is 0 Å². The first-order valence-corrected chi connectivity index (χ1v) is 31.0. The molecule has 0 unspecified atom stereocenters. The van der Waals surface area contributed by atoms with Gasteiger partial charge in [0.2, 0.25) is 0 Å². The maximum atomic E-state index is 2.55. The van der Waals surface area contributed by atoms with E-state index in [-0.39, 0.29) is 0 Å². The first kappa shape index (κ1) is 51.3. The molecule has 90 heavy (non-hydrogen) atoms. The van der Waals surface area contributed by atoms with Gasteiger partial charge in [0.05, 0.1) is 22.7 Å². The van der Waals surface area contributed by atoms with Crippen LogP contribution in [0.1, 0.15) is 0 Å². The van der Waals surface area contributed by atoms with Crippen LogP contribution in [-0.4, -0.2) is 0 Å². The van der Waals surface area contributed by atoms with Crippen molar-refractivity contribution in [1.82, 2.24) is 0 Å². The van der Waals surface area contributed by atoms with Crippen molar-refractivity contribution >= 4 is 122 Å². The van der Waals surface area contributed by atoms with Crippen molar-refractivity contribution in [2.24, 2.45) is 0 Å². The number of nitrogens with zero attached hydrogens (tertiary/aromatic N) is 4. The van der Waals surface area contributed by atoms with Gasteiger partial charge in [-0.3, -0.25) is 0 Å².